The first-order valence-electron chi connectivity index (χ1n) is 14.8. The minimum Gasteiger partial charge on any atom is -0.397 e. The number of rotatable bonds is 2. The number of fused-ring (bicyclic) bond motifs is 4. The van der Waals surface area contributed by atoms with Gasteiger partial charge in [-0.25, -0.2) is 31.0 Å². The number of non-ortho nitro benzene ring substituents is 1. The molecule has 0 amide bonds. The summed E-state index contributed by atoms with van der Waals surface area (Å²) in [4.78, 5) is 25.4. The van der Waals surface area contributed by atoms with Crippen molar-refractivity contribution in [2.75, 3.05) is 5.73 Å². The zero-order valence-electron chi connectivity index (χ0n) is 26.4. The number of anilines is 1. The average molecular weight is 747 g/mol. The molecule has 16 heteroatoms. The van der Waals surface area contributed by atoms with Gasteiger partial charge in [-0.2, -0.15) is 0 Å². The van der Waals surface area contributed by atoms with Crippen molar-refractivity contribution in [2.24, 2.45) is 0 Å². The smallest absolute Gasteiger partial charge is 0.298 e. The van der Waals surface area contributed by atoms with Crippen LogP contribution in [-0.2, 0) is 9.05 Å². The third-order valence-corrected chi connectivity index (χ3v) is 8.34. The largest absolute Gasteiger partial charge is 0.397 e. The fourth-order valence-corrected chi connectivity index (χ4v) is 5.82. The molecule has 0 bridgehead atoms. The fraction of sp³-hybridized carbons (Fsp3) is 0. The summed E-state index contributed by atoms with van der Waals surface area (Å²) in [6, 6.07) is 24.9. The van der Waals surface area contributed by atoms with Crippen LogP contribution in [0.1, 0.15) is 0 Å². The van der Waals surface area contributed by atoms with Gasteiger partial charge in [0.1, 0.15) is 33.7 Å². The van der Waals surface area contributed by atoms with E-state index >= 15 is 0 Å². The number of benzene rings is 4. The molecule has 8 aromatic rings. The number of hydrogen-bond acceptors (Lipinski definition) is 9. The van der Waals surface area contributed by atoms with Crippen LogP contribution in [0.25, 0.3) is 43.6 Å². The van der Waals surface area contributed by atoms with Crippen molar-refractivity contribution in [3.8, 4) is 0 Å². The van der Waals surface area contributed by atoms with Gasteiger partial charge in [-0.3, -0.25) is 25.1 Å². The highest BCUT2D eigenvalue weighted by Gasteiger charge is 2.17. The molecule has 0 saturated carbocycles. The number of hydrogen-bond donors (Lipinski definition) is 1. The highest BCUT2D eigenvalue weighted by molar-refractivity contribution is 8.14. The first-order valence-corrected chi connectivity index (χ1v) is 17.1. The van der Waals surface area contributed by atoms with Crippen LogP contribution in [0.5, 0.6) is 0 Å². The Balaban J connectivity index is 0.000000135. The zero-order chi connectivity index (χ0) is 37.4. The van der Waals surface area contributed by atoms with Gasteiger partial charge in [0.15, 0.2) is 0 Å². The average Bonchev–Trinajstić information content (AvgIpc) is 3.11. The Morgan fingerprint density at radius 1 is 0.577 bits per heavy atom. The van der Waals surface area contributed by atoms with Crippen molar-refractivity contribution in [3.63, 3.8) is 0 Å². The van der Waals surface area contributed by atoms with E-state index in [1.165, 1.54) is 48.8 Å². The van der Waals surface area contributed by atoms with Crippen molar-refractivity contribution < 1.29 is 30.9 Å². The molecule has 2 N–H and O–H groups in total. The second kappa shape index (κ2) is 16.1. The summed E-state index contributed by atoms with van der Waals surface area (Å²) in [6.45, 7) is 0. The number of aromatic nitrogens is 4. The van der Waals surface area contributed by atoms with Gasteiger partial charge in [-0.1, -0.05) is 24.3 Å². The summed E-state index contributed by atoms with van der Waals surface area (Å²) in [6.07, 6.45) is 6.19. The summed E-state index contributed by atoms with van der Waals surface area (Å²) < 4.78 is 73.7. The second-order valence-electron chi connectivity index (χ2n) is 10.6. The van der Waals surface area contributed by atoms with E-state index < -0.39 is 25.6 Å². The topological polar surface area (TPSA) is 155 Å². The van der Waals surface area contributed by atoms with Crippen LogP contribution in [0.3, 0.4) is 0 Å². The highest BCUT2D eigenvalue weighted by Crippen LogP contribution is 2.26. The van der Waals surface area contributed by atoms with Crippen LogP contribution < -0.4 is 5.73 Å². The van der Waals surface area contributed by atoms with E-state index in [-0.39, 0.29) is 33.3 Å². The highest BCUT2D eigenvalue weighted by atomic mass is 35.7. The SMILES string of the molecule is Fc1ccc2ncccc2c1.Nc1cc(F)cc2cccnc12.O=S(=O)(Cl)c1cc(F)cc2cccnc12.O=[N+]([O-])c1cc(F)cc2cccnc12. The van der Waals surface area contributed by atoms with Crippen molar-refractivity contribution in [2.45, 2.75) is 4.90 Å². The maximum atomic E-state index is 13.1. The summed E-state index contributed by atoms with van der Waals surface area (Å²) in [5, 5.41) is 13.0. The lowest BCUT2D eigenvalue weighted by Gasteiger charge is -2.02. The quantitative estimate of drug-likeness (QED) is 0.0600. The number of halogens is 5. The Morgan fingerprint density at radius 2 is 1.04 bits per heavy atom. The molecule has 0 saturated heterocycles. The molecule has 0 radical (unpaired) electrons. The fourth-order valence-electron chi connectivity index (χ4n) is 4.82. The van der Waals surface area contributed by atoms with Gasteiger partial charge in [0.2, 0.25) is 0 Å². The van der Waals surface area contributed by atoms with Crippen LogP contribution in [0.2, 0.25) is 0 Å². The van der Waals surface area contributed by atoms with E-state index in [9.17, 15) is 36.1 Å². The van der Waals surface area contributed by atoms with Gasteiger partial charge in [0, 0.05) is 57.0 Å². The summed E-state index contributed by atoms with van der Waals surface area (Å²) in [5.41, 5.74) is 7.49. The van der Waals surface area contributed by atoms with Gasteiger partial charge in [0.25, 0.3) is 14.7 Å². The van der Waals surface area contributed by atoms with Gasteiger partial charge < -0.3 is 5.73 Å². The molecule has 4 aromatic heterocycles. The lowest BCUT2D eigenvalue weighted by atomic mass is 10.2. The van der Waals surface area contributed by atoms with E-state index in [1.54, 1.807) is 60.9 Å². The van der Waals surface area contributed by atoms with Crippen LogP contribution in [0.15, 0.2) is 133 Å². The molecule has 4 heterocycles. The molecule has 0 spiro atoms. The molecule has 4 aromatic carbocycles. The molecule has 0 aliphatic carbocycles. The Bertz CT molecular complexity index is 2690. The van der Waals surface area contributed by atoms with Crippen molar-refractivity contribution in [1.29, 1.82) is 0 Å². The van der Waals surface area contributed by atoms with Crippen LogP contribution >= 0.6 is 10.7 Å². The predicted octanol–water partition coefficient (Wildman–Crippen LogP) is 8.91. The second-order valence-corrected chi connectivity index (χ2v) is 13.1. The predicted molar refractivity (Wildman–Crippen MR) is 191 cm³/mol. The van der Waals surface area contributed by atoms with Gasteiger partial charge in [-0.15, -0.1) is 0 Å². The van der Waals surface area contributed by atoms with Crippen LogP contribution in [0, 0.1) is 33.4 Å². The minimum atomic E-state index is -3.98. The normalized spacial score (nSPS) is 10.8. The Hall–Kier alpha value is -6.32. The first kappa shape index (κ1) is 36.9. The summed E-state index contributed by atoms with van der Waals surface area (Å²) in [7, 11) is 1.19. The molecule has 262 valence electrons. The van der Waals surface area contributed by atoms with Gasteiger partial charge in [-0.05, 0) is 72.8 Å². The number of nitro groups is 1. The molecular weight excluding hydrogens is 724 g/mol. The molecule has 0 atom stereocenters. The minimum absolute atomic E-state index is 0.175. The number of nitro benzene ring substituents is 1. The van der Waals surface area contributed by atoms with Gasteiger partial charge in [0.05, 0.1) is 33.2 Å². The maximum Gasteiger partial charge on any atom is 0.298 e. The summed E-state index contributed by atoms with van der Waals surface area (Å²) >= 11 is 0. The standard InChI is InChI=1S/C9H5ClFNO2S.C9H5FN2O2.C9H7FN2.C9H6FN/c10-15(13,14)8-5-7(11)4-6-2-1-3-12-9(6)8;10-7-4-6-2-1-3-11-9(6)8(5-7)12(13)14;10-7-4-6-2-1-3-12-9(6)8(11)5-7;10-8-3-4-9-7(6-8)2-1-5-11-9/h1-5H;1-5H;1-5H,11H2;1-6H. The van der Waals surface area contributed by atoms with E-state index in [4.69, 9.17) is 16.4 Å². The van der Waals surface area contributed by atoms with Crippen LogP contribution in [0.4, 0.5) is 28.9 Å². The first-order chi connectivity index (χ1) is 24.8. The zero-order valence-corrected chi connectivity index (χ0v) is 27.9. The maximum absolute atomic E-state index is 13.1. The van der Waals surface area contributed by atoms with Crippen molar-refractivity contribution in [1.82, 2.24) is 19.9 Å². The third kappa shape index (κ3) is 9.26. The van der Waals surface area contributed by atoms with E-state index in [0.29, 0.717) is 22.0 Å². The molecule has 0 unspecified atom stereocenters. The number of nitrogen functional groups attached to an aromatic ring is 1. The molecule has 0 aliphatic rings. The van der Waals surface area contributed by atoms with E-state index in [1.807, 2.05) is 6.07 Å². The molecule has 52 heavy (non-hydrogen) atoms. The molecule has 0 fully saturated rings. The Kier molecular flexibility index (Phi) is 11.5. The Morgan fingerprint density at radius 3 is 1.63 bits per heavy atom. The van der Waals surface area contributed by atoms with Crippen LogP contribution in [-0.4, -0.2) is 33.3 Å². The van der Waals surface area contributed by atoms with Crippen molar-refractivity contribution >= 4 is 74.7 Å². The van der Waals surface area contributed by atoms with E-state index in [0.717, 1.165) is 28.4 Å². The molecule has 0 aliphatic heterocycles. The molecule has 8 rings (SSSR count). The van der Waals surface area contributed by atoms with Gasteiger partial charge >= 0.3 is 0 Å². The third-order valence-electron chi connectivity index (χ3n) is 7.01. The molecular formula is C36H23ClF4N6O4S. The number of pyridine rings is 4. The van der Waals surface area contributed by atoms with Crippen molar-refractivity contribution in [3.05, 3.63) is 161 Å². The summed E-state index contributed by atoms with van der Waals surface area (Å²) in [5.74, 6) is -1.83. The van der Waals surface area contributed by atoms with E-state index in [2.05, 4.69) is 19.9 Å². The Labute approximate surface area is 296 Å². The lowest BCUT2D eigenvalue weighted by molar-refractivity contribution is -0.383. The monoisotopic (exact) mass is 746 g/mol. The molecule has 10 nitrogen and oxygen atoms in total. The lowest BCUT2D eigenvalue weighted by Crippen LogP contribution is -1.95. The number of nitrogens with two attached hydrogens (primary N) is 1. The number of nitrogens with zero attached hydrogens (tertiary/aromatic N) is 5.